The molecule has 2 aromatic heterocycles. The lowest BCUT2D eigenvalue weighted by atomic mass is 10.1. The Balaban J connectivity index is 1.73. The lowest BCUT2D eigenvalue weighted by molar-refractivity contribution is -0.116. The first-order chi connectivity index (χ1) is 11.5. The minimum atomic E-state index is -0.313. The maximum absolute atomic E-state index is 12.2. The highest BCUT2D eigenvalue weighted by Crippen LogP contribution is 2.15. The molecule has 6 nitrogen and oxygen atoms in total. The minimum absolute atomic E-state index is 0.0999. The highest BCUT2D eigenvalue weighted by Gasteiger charge is 2.09. The Labute approximate surface area is 138 Å². The highest BCUT2D eigenvalue weighted by atomic mass is 16.3. The smallest absolute Gasteiger partial charge is 0.254 e. The fourth-order valence-electron chi connectivity index (χ4n) is 2.51. The molecule has 0 saturated carbocycles. The van der Waals surface area contributed by atoms with Crippen molar-refractivity contribution in [3.63, 3.8) is 0 Å². The topological polar surface area (TPSA) is 77.1 Å². The number of amides is 1. The largest absolute Gasteiger partial charge is 0.463 e. The first kappa shape index (κ1) is 15.7. The summed E-state index contributed by atoms with van der Waals surface area (Å²) >= 11 is 0. The van der Waals surface area contributed by atoms with Crippen molar-refractivity contribution < 1.29 is 9.21 Å². The van der Waals surface area contributed by atoms with Gasteiger partial charge < -0.3 is 9.73 Å². The molecule has 0 aliphatic heterocycles. The summed E-state index contributed by atoms with van der Waals surface area (Å²) in [7, 11) is 0. The minimum Gasteiger partial charge on any atom is -0.463 e. The van der Waals surface area contributed by atoms with Crippen LogP contribution in [0.4, 0.5) is 5.69 Å². The lowest BCUT2D eigenvalue weighted by Crippen LogP contribution is -2.27. The van der Waals surface area contributed by atoms with E-state index in [0.29, 0.717) is 17.1 Å². The number of carbonyl (C=O) groups is 1. The Morgan fingerprint density at radius 3 is 2.58 bits per heavy atom. The zero-order valence-corrected chi connectivity index (χ0v) is 13.4. The number of hydrogen-bond acceptors (Lipinski definition) is 4. The molecule has 0 fully saturated rings. The van der Waals surface area contributed by atoms with E-state index in [2.05, 4.69) is 10.3 Å². The Kier molecular flexibility index (Phi) is 4.29. The van der Waals surface area contributed by atoms with Crippen LogP contribution in [0.1, 0.15) is 11.1 Å². The molecule has 0 bridgehead atoms. The summed E-state index contributed by atoms with van der Waals surface area (Å²) in [6, 6.07) is 10.6. The average Bonchev–Trinajstić information content (AvgIpc) is 3.02. The van der Waals surface area contributed by atoms with Gasteiger partial charge in [0.25, 0.3) is 5.56 Å². The first-order valence-electron chi connectivity index (χ1n) is 7.50. The summed E-state index contributed by atoms with van der Waals surface area (Å²) in [6.07, 6.45) is 2.86. The molecule has 1 aromatic carbocycles. The Hall–Kier alpha value is -3.15. The van der Waals surface area contributed by atoms with Crippen LogP contribution in [-0.4, -0.2) is 15.5 Å². The van der Waals surface area contributed by atoms with Crippen molar-refractivity contribution in [2.75, 3.05) is 5.32 Å². The predicted octanol–water partition coefficient (Wildman–Crippen LogP) is 2.76. The maximum Gasteiger partial charge on any atom is 0.254 e. The number of aryl methyl sites for hydroxylation is 2. The summed E-state index contributed by atoms with van der Waals surface area (Å²) in [5.41, 5.74) is 2.97. The van der Waals surface area contributed by atoms with Gasteiger partial charge in [-0.1, -0.05) is 6.07 Å². The van der Waals surface area contributed by atoms with Gasteiger partial charge in [-0.3, -0.25) is 14.2 Å². The van der Waals surface area contributed by atoms with Gasteiger partial charge in [0.05, 0.1) is 12.6 Å². The molecule has 0 unspecified atom stereocenters. The van der Waals surface area contributed by atoms with E-state index in [1.165, 1.54) is 23.2 Å². The number of anilines is 1. The number of furan rings is 1. The summed E-state index contributed by atoms with van der Waals surface area (Å²) in [5, 5.41) is 2.80. The molecular formula is C18H17N3O3. The second-order valence-corrected chi connectivity index (χ2v) is 5.64. The van der Waals surface area contributed by atoms with E-state index >= 15 is 0 Å². The number of nitrogens with one attached hydrogen (secondary N) is 1. The fraction of sp³-hybridized carbons (Fsp3) is 0.167. The molecule has 0 atom stereocenters. The van der Waals surface area contributed by atoms with E-state index in [-0.39, 0.29) is 18.0 Å². The molecule has 0 aliphatic carbocycles. The molecular weight excluding hydrogens is 306 g/mol. The molecule has 1 amide bonds. The van der Waals surface area contributed by atoms with Crippen molar-refractivity contribution in [2.24, 2.45) is 0 Å². The van der Waals surface area contributed by atoms with Gasteiger partial charge in [-0.2, -0.15) is 0 Å². The number of carbonyl (C=O) groups excluding carboxylic acids is 1. The van der Waals surface area contributed by atoms with Crippen LogP contribution in [0.3, 0.4) is 0 Å². The number of benzene rings is 1. The van der Waals surface area contributed by atoms with E-state index in [4.69, 9.17) is 4.42 Å². The first-order valence-corrected chi connectivity index (χ1v) is 7.50. The number of hydrogen-bond donors (Lipinski definition) is 1. The van der Waals surface area contributed by atoms with E-state index in [1.807, 2.05) is 32.0 Å². The van der Waals surface area contributed by atoms with E-state index in [9.17, 15) is 9.59 Å². The van der Waals surface area contributed by atoms with Crippen LogP contribution in [0.2, 0.25) is 0 Å². The summed E-state index contributed by atoms with van der Waals surface area (Å²) in [5.74, 6) is 0.230. The van der Waals surface area contributed by atoms with Crippen LogP contribution in [0, 0.1) is 13.8 Å². The predicted molar refractivity (Wildman–Crippen MR) is 90.7 cm³/mol. The zero-order chi connectivity index (χ0) is 17.1. The molecule has 0 saturated heterocycles. The van der Waals surface area contributed by atoms with Crippen LogP contribution < -0.4 is 10.9 Å². The van der Waals surface area contributed by atoms with Crippen LogP contribution >= 0.6 is 0 Å². The van der Waals surface area contributed by atoms with Crippen molar-refractivity contribution in [3.8, 4) is 11.5 Å². The standard InChI is InChI=1S/C18H17N3O3/c1-12-6-13(2)8-14(7-12)20-17(22)10-21-11-19-15(9-18(21)23)16-4-3-5-24-16/h3-9,11H,10H2,1-2H3,(H,20,22). The van der Waals surface area contributed by atoms with Crippen LogP contribution in [0.5, 0.6) is 0 Å². The van der Waals surface area contributed by atoms with Crippen LogP contribution in [-0.2, 0) is 11.3 Å². The molecule has 0 aliphatic rings. The molecule has 3 aromatic rings. The zero-order valence-electron chi connectivity index (χ0n) is 13.4. The second kappa shape index (κ2) is 6.54. The van der Waals surface area contributed by atoms with Gasteiger partial charge in [0, 0.05) is 11.8 Å². The second-order valence-electron chi connectivity index (χ2n) is 5.64. The normalized spacial score (nSPS) is 10.6. The summed E-state index contributed by atoms with van der Waals surface area (Å²) < 4.78 is 6.46. The molecule has 122 valence electrons. The fourth-order valence-corrected chi connectivity index (χ4v) is 2.51. The van der Waals surface area contributed by atoms with E-state index < -0.39 is 0 Å². The third kappa shape index (κ3) is 3.60. The van der Waals surface area contributed by atoms with E-state index in [0.717, 1.165) is 11.1 Å². The summed E-state index contributed by atoms with van der Waals surface area (Å²) in [4.78, 5) is 28.4. The van der Waals surface area contributed by atoms with Gasteiger partial charge in [0.15, 0.2) is 5.76 Å². The van der Waals surface area contributed by atoms with Crippen molar-refractivity contribution >= 4 is 11.6 Å². The Morgan fingerprint density at radius 1 is 1.21 bits per heavy atom. The SMILES string of the molecule is Cc1cc(C)cc(NC(=O)Cn2cnc(-c3ccco3)cc2=O)c1. The number of rotatable bonds is 4. The quantitative estimate of drug-likeness (QED) is 0.801. The Morgan fingerprint density at radius 2 is 1.96 bits per heavy atom. The molecule has 0 spiro atoms. The molecule has 6 heteroatoms. The van der Waals surface area contributed by atoms with Gasteiger partial charge >= 0.3 is 0 Å². The lowest BCUT2D eigenvalue weighted by Gasteiger charge is -2.09. The van der Waals surface area contributed by atoms with Crippen molar-refractivity contribution in [1.82, 2.24) is 9.55 Å². The van der Waals surface area contributed by atoms with Crippen LogP contribution in [0.15, 0.2) is 58.2 Å². The third-order valence-electron chi connectivity index (χ3n) is 3.47. The van der Waals surface area contributed by atoms with E-state index in [1.54, 1.807) is 12.1 Å². The number of aromatic nitrogens is 2. The van der Waals surface area contributed by atoms with Crippen molar-refractivity contribution in [1.29, 1.82) is 0 Å². The molecule has 0 radical (unpaired) electrons. The van der Waals surface area contributed by atoms with Gasteiger partial charge in [-0.25, -0.2) is 4.98 Å². The average molecular weight is 323 g/mol. The highest BCUT2D eigenvalue weighted by molar-refractivity contribution is 5.90. The molecule has 2 heterocycles. The third-order valence-corrected chi connectivity index (χ3v) is 3.47. The van der Waals surface area contributed by atoms with Crippen molar-refractivity contribution in [3.05, 3.63) is 70.5 Å². The monoisotopic (exact) mass is 323 g/mol. The van der Waals surface area contributed by atoms with Crippen molar-refractivity contribution in [2.45, 2.75) is 20.4 Å². The Bertz CT molecular complexity index is 907. The van der Waals surface area contributed by atoms with Crippen LogP contribution in [0.25, 0.3) is 11.5 Å². The molecule has 3 rings (SSSR count). The molecule has 1 N–H and O–H groups in total. The molecule has 24 heavy (non-hydrogen) atoms. The summed E-state index contributed by atoms with van der Waals surface area (Å²) in [6.45, 7) is 3.83. The van der Waals surface area contributed by atoms with Gasteiger partial charge in [-0.05, 0) is 49.2 Å². The van der Waals surface area contributed by atoms with Gasteiger partial charge in [0.2, 0.25) is 5.91 Å². The van der Waals surface area contributed by atoms with Gasteiger partial charge in [0.1, 0.15) is 12.2 Å². The van der Waals surface area contributed by atoms with Gasteiger partial charge in [-0.15, -0.1) is 0 Å². The number of nitrogens with zero attached hydrogens (tertiary/aromatic N) is 2. The maximum atomic E-state index is 12.2.